The number of rotatable bonds is 16. The van der Waals surface area contributed by atoms with Gasteiger partial charge in [-0.15, -0.1) is 10.2 Å². The quantitative estimate of drug-likeness (QED) is 0.242. The number of fused-ring (bicyclic) bond motifs is 1. The van der Waals surface area contributed by atoms with Gasteiger partial charge in [-0.05, 0) is 41.7 Å². The van der Waals surface area contributed by atoms with Crippen molar-refractivity contribution in [3.63, 3.8) is 0 Å². The first-order valence-electron chi connectivity index (χ1n) is 15.9. The van der Waals surface area contributed by atoms with Crippen LogP contribution >= 0.6 is 0 Å². The van der Waals surface area contributed by atoms with E-state index in [0.717, 1.165) is 68.3 Å². The van der Waals surface area contributed by atoms with Gasteiger partial charge in [0.15, 0.2) is 0 Å². The summed E-state index contributed by atoms with van der Waals surface area (Å²) in [6.45, 7) is 8.73. The van der Waals surface area contributed by atoms with Crippen LogP contribution in [0.3, 0.4) is 0 Å². The van der Waals surface area contributed by atoms with E-state index in [9.17, 15) is 0 Å². The predicted molar refractivity (Wildman–Crippen MR) is 170 cm³/mol. The fourth-order valence-corrected chi connectivity index (χ4v) is 6.18. The molecule has 2 aliphatic rings. The van der Waals surface area contributed by atoms with Gasteiger partial charge in [-0.2, -0.15) is 0 Å². The smallest absolute Gasteiger partial charge is 0.142 e. The van der Waals surface area contributed by atoms with Crippen LogP contribution in [-0.2, 0) is 45.6 Å². The lowest BCUT2D eigenvalue weighted by Crippen LogP contribution is -2.48. The Balaban J connectivity index is 1.25. The molecule has 0 spiro atoms. The number of hydrogen-bond acceptors (Lipinski definition) is 9. The molecule has 2 aromatic carbocycles. The van der Waals surface area contributed by atoms with Crippen molar-refractivity contribution in [3.05, 3.63) is 71.3 Å². The topological polar surface area (TPSA) is 92.1 Å². The Bertz CT molecular complexity index is 1290. The van der Waals surface area contributed by atoms with Crippen molar-refractivity contribution >= 4 is 5.69 Å². The molecule has 1 fully saturated rings. The van der Waals surface area contributed by atoms with Gasteiger partial charge in [0.25, 0.3) is 0 Å². The maximum Gasteiger partial charge on any atom is 0.142 e. The molecule has 2 aliphatic heterocycles. The summed E-state index contributed by atoms with van der Waals surface area (Å²) in [5.41, 5.74) is 4.76. The van der Waals surface area contributed by atoms with Gasteiger partial charge >= 0.3 is 0 Å². The number of aryl methyl sites for hydroxylation is 1. The molecule has 1 aromatic heterocycles. The standard InChI is InChI=1S/C34H49N5O5/c1-25(20-41-4)21-42-22-26-6-9-28(10-7-26)30-17-29(18-34-37-36-24-38(34)2)35-19-33(30)44-23-27-8-11-32-31(16-27)39(13-15-43-32)12-5-14-40-3/h6-11,16,24-25,29-30,33,35H,5,12-15,17-23H2,1-4H3/t25-,29+,30+,33-/m0/s1. The van der Waals surface area contributed by atoms with Gasteiger partial charge in [-0.1, -0.05) is 37.3 Å². The third-order valence-electron chi connectivity index (χ3n) is 8.58. The molecule has 240 valence electrons. The third kappa shape index (κ3) is 8.79. The summed E-state index contributed by atoms with van der Waals surface area (Å²) >= 11 is 0. The normalized spacial score (nSPS) is 20.7. The highest BCUT2D eigenvalue weighted by Gasteiger charge is 2.33. The van der Waals surface area contributed by atoms with E-state index in [-0.39, 0.29) is 18.1 Å². The number of benzene rings is 2. The second-order valence-corrected chi connectivity index (χ2v) is 12.2. The van der Waals surface area contributed by atoms with Crippen LogP contribution in [0.4, 0.5) is 5.69 Å². The maximum atomic E-state index is 6.70. The number of nitrogens with one attached hydrogen (secondary N) is 1. The minimum Gasteiger partial charge on any atom is -0.490 e. The highest BCUT2D eigenvalue weighted by atomic mass is 16.5. The van der Waals surface area contributed by atoms with E-state index in [0.29, 0.717) is 39.0 Å². The predicted octanol–water partition coefficient (Wildman–Crippen LogP) is 4.12. The Morgan fingerprint density at radius 1 is 1.05 bits per heavy atom. The molecule has 0 radical (unpaired) electrons. The fourth-order valence-electron chi connectivity index (χ4n) is 6.18. The van der Waals surface area contributed by atoms with E-state index < -0.39 is 0 Å². The molecule has 0 unspecified atom stereocenters. The first-order chi connectivity index (χ1) is 21.5. The molecule has 0 bridgehead atoms. The molecule has 0 saturated carbocycles. The molecule has 44 heavy (non-hydrogen) atoms. The highest BCUT2D eigenvalue weighted by molar-refractivity contribution is 5.61. The average molecular weight is 608 g/mol. The molecule has 5 rings (SSSR count). The van der Waals surface area contributed by atoms with Crippen LogP contribution in [0.15, 0.2) is 48.8 Å². The van der Waals surface area contributed by atoms with E-state index in [2.05, 4.69) is 69.8 Å². The van der Waals surface area contributed by atoms with Crippen molar-refractivity contribution in [1.82, 2.24) is 20.1 Å². The van der Waals surface area contributed by atoms with Crippen LogP contribution in [0.25, 0.3) is 0 Å². The number of aromatic nitrogens is 3. The zero-order valence-electron chi connectivity index (χ0n) is 26.7. The Morgan fingerprint density at radius 3 is 2.66 bits per heavy atom. The highest BCUT2D eigenvalue weighted by Crippen LogP contribution is 2.35. The molecule has 1 N–H and O–H groups in total. The lowest BCUT2D eigenvalue weighted by molar-refractivity contribution is 0.00271. The Morgan fingerprint density at radius 2 is 1.89 bits per heavy atom. The lowest BCUT2D eigenvalue weighted by atomic mass is 9.83. The maximum absolute atomic E-state index is 6.70. The fraction of sp³-hybridized carbons (Fsp3) is 0.588. The van der Waals surface area contributed by atoms with Crippen LogP contribution < -0.4 is 15.0 Å². The van der Waals surface area contributed by atoms with Gasteiger partial charge in [0.2, 0.25) is 0 Å². The molecule has 10 heteroatoms. The number of nitrogens with zero attached hydrogens (tertiary/aromatic N) is 4. The molecule has 4 atom stereocenters. The lowest BCUT2D eigenvalue weighted by Gasteiger charge is -2.37. The van der Waals surface area contributed by atoms with Gasteiger partial charge in [0.1, 0.15) is 24.5 Å². The SMILES string of the molecule is COCCCN1CCOc2ccc(CO[C@H]3CN[C@@H](Cc4nncn4C)C[C@@H]3c3ccc(COC[C@@H](C)COC)cc3)cc21. The summed E-state index contributed by atoms with van der Waals surface area (Å²) in [6, 6.07) is 15.6. The second-order valence-electron chi connectivity index (χ2n) is 12.2. The molecule has 0 amide bonds. The van der Waals surface area contributed by atoms with Crippen molar-refractivity contribution in [2.45, 2.75) is 57.5 Å². The number of methoxy groups -OCH3 is 2. The van der Waals surface area contributed by atoms with Gasteiger partial charge in [0, 0.05) is 65.3 Å². The van der Waals surface area contributed by atoms with E-state index >= 15 is 0 Å². The van der Waals surface area contributed by atoms with Crippen molar-refractivity contribution in [1.29, 1.82) is 0 Å². The molecule has 3 aromatic rings. The van der Waals surface area contributed by atoms with Crippen LogP contribution in [0, 0.1) is 5.92 Å². The van der Waals surface area contributed by atoms with Crippen molar-refractivity contribution in [3.8, 4) is 5.75 Å². The Labute approximate surface area is 262 Å². The Kier molecular flexibility index (Phi) is 12.0. The molecule has 3 heterocycles. The van der Waals surface area contributed by atoms with E-state index in [4.69, 9.17) is 23.7 Å². The van der Waals surface area contributed by atoms with Crippen molar-refractivity contribution < 1.29 is 23.7 Å². The number of hydrogen-bond donors (Lipinski definition) is 1. The summed E-state index contributed by atoms with van der Waals surface area (Å²) in [4.78, 5) is 2.40. The number of anilines is 1. The zero-order valence-corrected chi connectivity index (χ0v) is 26.7. The molecular weight excluding hydrogens is 558 g/mol. The Hall–Kier alpha value is -3.02. The molecular formula is C34H49N5O5. The first-order valence-corrected chi connectivity index (χ1v) is 15.9. The number of ether oxygens (including phenoxy) is 5. The van der Waals surface area contributed by atoms with Gasteiger partial charge in [0.05, 0.1) is 44.8 Å². The third-order valence-corrected chi connectivity index (χ3v) is 8.58. The minimum absolute atomic E-state index is 0.0350. The monoisotopic (exact) mass is 607 g/mol. The summed E-state index contributed by atoms with van der Waals surface area (Å²) in [5.74, 6) is 2.55. The summed E-state index contributed by atoms with van der Waals surface area (Å²) in [6.07, 6.45) is 4.57. The molecule has 0 aliphatic carbocycles. The van der Waals surface area contributed by atoms with Crippen LogP contribution in [-0.4, -0.2) is 87.2 Å². The van der Waals surface area contributed by atoms with Gasteiger partial charge < -0.3 is 38.5 Å². The van der Waals surface area contributed by atoms with Crippen molar-refractivity contribution in [2.75, 3.05) is 65.2 Å². The number of piperidine rings is 1. The summed E-state index contributed by atoms with van der Waals surface area (Å²) in [5, 5.41) is 12.1. The summed E-state index contributed by atoms with van der Waals surface area (Å²) < 4.78 is 31.1. The second kappa shape index (κ2) is 16.3. The zero-order chi connectivity index (χ0) is 30.7. The van der Waals surface area contributed by atoms with Gasteiger partial charge in [-0.25, -0.2) is 0 Å². The first kappa shape index (κ1) is 32.4. The van der Waals surface area contributed by atoms with Crippen molar-refractivity contribution in [2.24, 2.45) is 13.0 Å². The average Bonchev–Trinajstić information content (AvgIpc) is 3.44. The molecule has 10 nitrogen and oxygen atoms in total. The van der Waals surface area contributed by atoms with E-state index in [1.54, 1.807) is 20.5 Å². The summed E-state index contributed by atoms with van der Waals surface area (Å²) in [7, 11) is 5.48. The van der Waals surface area contributed by atoms with Gasteiger partial charge in [-0.3, -0.25) is 0 Å². The van der Waals surface area contributed by atoms with Crippen LogP contribution in [0.5, 0.6) is 5.75 Å². The van der Waals surface area contributed by atoms with Crippen LogP contribution in [0.1, 0.15) is 48.2 Å². The molecule has 1 saturated heterocycles. The van der Waals surface area contributed by atoms with E-state index in [1.165, 1.54) is 11.1 Å². The van der Waals surface area contributed by atoms with Crippen LogP contribution in [0.2, 0.25) is 0 Å². The minimum atomic E-state index is 0.0350. The van der Waals surface area contributed by atoms with E-state index in [1.807, 2.05) is 11.6 Å². The largest absolute Gasteiger partial charge is 0.490 e.